The van der Waals surface area contributed by atoms with E-state index < -0.39 is 0 Å². The van der Waals surface area contributed by atoms with Crippen molar-refractivity contribution in [3.63, 3.8) is 0 Å². The lowest BCUT2D eigenvalue weighted by Crippen LogP contribution is -2.39. The molecule has 0 unspecified atom stereocenters. The maximum Gasteiger partial charge on any atom is 0.153 e. The zero-order valence-electron chi connectivity index (χ0n) is 18.1. The Bertz CT molecular complexity index is 1300. The van der Waals surface area contributed by atoms with Crippen molar-refractivity contribution >= 4 is 49.2 Å². The number of morpholine rings is 1. The van der Waals surface area contributed by atoms with Crippen molar-refractivity contribution in [3.05, 3.63) is 41.9 Å². The zero-order valence-corrected chi connectivity index (χ0v) is 18.9. The van der Waals surface area contributed by atoms with E-state index in [9.17, 15) is 0 Å². The normalized spacial score (nSPS) is 18.1. The molecule has 8 nitrogen and oxygen atoms in total. The second-order valence-corrected chi connectivity index (χ2v) is 9.74. The van der Waals surface area contributed by atoms with Gasteiger partial charge in [-0.3, -0.25) is 0 Å². The van der Waals surface area contributed by atoms with Gasteiger partial charge in [0.15, 0.2) is 5.82 Å². The summed E-state index contributed by atoms with van der Waals surface area (Å²) < 4.78 is 12.8. The molecular formula is C23H24N6O2S. The smallest absolute Gasteiger partial charge is 0.153 e. The van der Waals surface area contributed by atoms with Crippen LogP contribution in [0, 0.1) is 0 Å². The maximum atomic E-state index is 6.22. The highest BCUT2D eigenvalue weighted by atomic mass is 32.1. The third-order valence-electron chi connectivity index (χ3n) is 6.03. The van der Waals surface area contributed by atoms with Gasteiger partial charge in [-0.15, -0.1) is 11.3 Å². The van der Waals surface area contributed by atoms with Crippen LogP contribution < -0.4 is 10.2 Å². The molecule has 1 fully saturated rings. The largest absolute Gasteiger partial charge is 0.378 e. The van der Waals surface area contributed by atoms with Crippen LogP contribution in [0.25, 0.3) is 20.4 Å². The summed E-state index contributed by atoms with van der Waals surface area (Å²) in [5.74, 6) is 2.53. The molecule has 0 aromatic carbocycles. The minimum Gasteiger partial charge on any atom is -0.378 e. The topological polar surface area (TPSA) is 85.3 Å². The molecule has 0 amide bonds. The molecule has 2 aliphatic rings. The minimum atomic E-state index is -0.236. The van der Waals surface area contributed by atoms with Crippen molar-refractivity contribution in [2.24, 2.45) is 0 Å². The van der Waals surface area contributed by atoms with Gasteiger partial charge in [0.1, 0.15) is 22.8 Å². The molecule has 0 radical (unpaired) electrons. The molecule has 6 rings (SSSR count). The van der Waals surface area contributed by atoms with Gasteiger partial charge in [0.2, 0.25) is 0 Å². The van der Waals surface area contributed by atoms with Crippen LogP contribution in [0.1, 0.15) is 25.0 Å². The molecule has 6 heterocycles. The van der Waals surface area contributed by atoms with E-state index >= 15 is 0 Å². The SMILES string of the molecule is CC1(C)Cc2c(c(N3CCOCC3)nc3sc4c(Nc5ccccn5)ncnc4c23)CO1. The van der Waals surface area contributed by atoms with E-state index in [4.69, 9.17) is 19.4 Å². The van der Waals surface area contributed by atoms with Crippen molar-refractivity contribution in [2.75, 3.05) is 36.5 Å². The van der Waals surface area contributed by atoms with Crippen LogP contribution in [0.4, 0.5) is 17.5 Å². The van der Waals surface area contributed by atoms with Gasteiger partial charge in [-0.2, -0.15) is 0 Å². The second kappa shape index (κ2) is 7.61. The first-order valence-electron chi connectivity index (χ1n) is 10.8. The van der Waals surface area contributed by atoms with Crippen LogP contribution in [0.3, 0.4) is 0 Å². The molecule has 2 aliphatic heterocycles. The first-order chi connectivity index (χ1) is 15.6. The minimum absolute atomic E-state index is 0.236. The monoisotopic (exact) mass is 448 g/mol. The summed E-state index contributed by atoms with van der Waals surface area (Å²) in [6, 6.07) is 5.78. The molecule has 9 heteroatoms. The van der Waals surface area contributed by atoms with Gasteiger partial charge < -0.3 is 19.7 Å². The van der Waals surface area contributed by atoms with Crippen LogP contribution in [0.5, 0.6) is 0 Å². The summed E-state index contributed by atoms with van der Waals surface area (Å²) in [6.07, 6.45) is 4.20. The van der Waals surface area contributed by atoms with Crippen LogP contribution in [-0.2, 0) is 22.5 Å². The van der Waals surface area contributed by atoms with Crippen molar-refractivity contribution in [1.29, 1.82) is 0 Å². The number of aromatic nitrogens is 4. The summed E-state index contributed by atoms with van der Waals surface area (Å²) in [7, 11) is 0. The molecule has 0 saturated carbocycles. The molecule has 0 bridgehead atoms. The number of anilines is 3. The van der Waals surface area contributed by atoms with Gasteiger partial charge in [-0.1, -0.05) is 6.07 Å². The molecule has 0 spiro atoms. The number of hydrogen-bond donors (Lipinski definition) is 1. The summed E-state index contributed by atoms with van der Waals surface area (Å²) >= 11 is 1.63. The number of thiophene rings is 1. The third-order valence-corrected chi connectivity index (χ3v) is 7.11. The van der Waals surface area contributed by atoms with E-state index in [2.05, 4.69) is 34.0 Å². The Morgan fingerprint density at radius 2 is 1.97 bits per heavy atom. The van der Waals surface area contributed by atoms with Crippen molar-refractivity contribution in [1.82, 2.24) is 19.9 Å². The predicted molar refractivity (Wildman–Crippen MR) is 126 cm³/mol. The van der Waals surface area contributed by atoms with E-state index in [1.165, 1.54) is 11.1 Å². The summed E-state index contributed by atoms with van der Waals surface area (Å²) in [6.45, 7) is 7.96. The van der Waals surface area contributed by atoms with Gasteiger partial charge in [-0.05, 0) is 31.5 Å². The van der Waals surface area contributed by atoms with Crippen LogP contribution in [-0.4, -0.2) is 51.8 Å². The third kappa shape index (κ3) is 3.37. The number of hydrogen-bond acceptors (Lipinski definition) is 9. The second-order valence-electron chi connectivity index (χ2n) is 8.74. The van der Waals surface area contributed by atoms with E-state index in [1.807, 2.05) is 18.2 Å². The van der Waals surface area contributed by atoms with Gasteiger partial charge in [0.25, 0.3) is 0 Å². The predicted octanol–water partition coefficient (Wildman–Crippen LogP) is 4.07. The highest BCUT2D eigenvalue weighted by Gasteiger charge is 2.33. The summed E-state index contributed by atoms with van der Waals surface area (Å²) in [4.78, 5) is 22.1. The van der Waals surface area contributed by atoms with E-state index in [0.717, 1.165) is 70.6 Å². The van der Waals surface area contributed by atoms with Crippen LogP contribution in [0.2, 0.25) is 0 Å². The van der Waals surface area contributed by atoms with Gasteiger partial charge in [-0.25, -0.2) is 19.9 Å². The Hall–Kier alpha value is -2.88. The molecule has 164 valence electrons. The van der Waals surface area contributed by atoms with Crippen LogP contribution >= 0.6 is 11.3 Å². The first-order valence-corrected chi connectivity index (χ1v) is 11.6. The number of nitrogens with one attached hydrogen (secondary N) is 1. The van der Waals surface area contributed by atoms with Gasteiger partial charge in [0.05, 0.1) is 35.6 Å². The molecule has 0 aliphatic carbocycles. The fraction of sp³-hybridized carbons (Fsp3) is 0.391. The van der Waals surface area contributed by atoms with E-state index in [1.54, 1.807) is 23.9 Å². The molecule has 1 saturated heterocycles. The number of nitrogens with zero attached hydrogens (tertiary/aromatic N) is 5. The molecule has 4 aromatic heterocycles. The average molecular weight is 449 g/mol. The highest BCUT2D eigenvalue weighted by Crippen LogP contribution is 2.44. The Labute approximate surface area is 189 Å². The lowest BCUT2D eigenvalue weighted by molar-refractivity contribution is -0.0396. The summed E-state index contributed by atoms with van der Waals surface area (Å²) in [5.41, 5.74) is 3.17. The molecule has 1 N–H and O–H groups in total. The van der Waals surface area contributed by atoms with Crippen molar-refractivity contribution < 1.29 is 9.47 Å². The van der Waals surface area contributed by atoms with Gasteiger partial charge >= 0.3 is 0 Å². The number of rotatable bonds is 3. The lowest BCUT2D eigenvalue weighted by Gasteiger charge is -2.36. The highest BCUT2D eigenvalue weighted by molar-refractivity contribution is 7.26. The Kier molecular flexibility index (Phi) is 4.71. The maximum absolute atomic E-state index is 6.22. The molecular weight excluding hydrogens is 424 g/mol. The van der Waals surface area contributed by atoms with E-state index in [-0.39, 0.29) is 5.60 Å². The van der Waals surface area contributed by atoms with Crippen LogP contribution in [0.15, 0.2) is 30.7 Å². The average Bonchev–Trinajstić information content (AvgIpc) is 3.19. The zero-order chi connectivity index (χ0) is 21.7. The molecule has 32 heavy (non-hydrogen) atoms. The fourth-order valence-corrected chi connectivity index (χ4v) is 5.57. The Morgan fingerprint density at radius 3 is 2.78 bits per heavy atom. The number of pyridine rings is 2. The fourth-order valence-electron chi connectivity index (χ4n) is 4.47. The number of fused-ring (bicyclic) bond motifs is 5. The van der Waals surface area contributed by atoms with E-state index in [0.29, 0.717) is 6.61 Å². The summed E-state index contributed by atoms with van der Waals surface area (Å²) in [5, 5.41) is 4.48. The van der Waals surface area contributed by atoms with Gasteiger partial charge in [0, 0.05) is 36.7 Å². The van der Waals surface area contributed by atoms with Crippen molar-refractivity contribution in [2.45, 2.75) is 32.5 Å². The molecule has 4 aromatic rings. The molecule has 0 atom stereocenters. The first kappa shape index (κ1) is 19.8. The lowest BCUT2D eigenvalue weighted by atomic mass is 9.90. The number of ether oxygens (including phenoxy) is 2. The van der Waals surface area contributed by atoms with Crippen molar-refractivity contribution in [3.8, 4) is 0 Å². The standard InChI is InChI=1S/C23H24N6O2S/c1-23(2)11-14-15(12-31-23)21(29-7-9-30-10-8-29)28-22-17(14)18-19(32-22)20(26-13-25-18)27-16-5-3-4-6-24-16/h3-6,13H,7-12H2,1-2H3,(H,24,25,26,27). The quantitative estimate of drug-likeness (QED) is 0.502. The Morgan fingerprint density at radius 1 is 1.09 bits per heavy atom. The Balaban J connectivity index is 1.57.